The van der Waals surface area contributed by atoms with Crippen LogP contribution < -0.4 is 5.73 Å². The number of aryl methyl sites for hydroxylation is 1. The first-order valence-corrected chi connectivity index (χ1v) is 8.21. The van der Waals surface area contributed by atoms with Gasteiger partial charge in [0.1, 0.15) is 5.82 Å². The third-order valence-electron chi connectivity index (χ3n) is 4.29. The number of anilines is 1. The number of aromatic nitrogens is 1. The maximum absolute atomic E-state index is 12.8. The zero-order valence-corrected chi connectivity index (χ0v) is 12.8. The average Bonchev–Trinajstić information content (AvgIpc) is 3.32. The molecule has 4 heteroatoms. The molecule has 0 aliphatic heterocycles. The van der Waals surface area contributed by atoms with Crippen LogP contribution in [0.15, 0.2) is 12.1 Å². The Balaban J connectivity index is 1.76. The third-order valence-corrected chi connectivity index (χ3v) is 4.29. The van der Waals surface area contributed by atoms with Crippen molar-refractivity contribution in [2.24, 2.45) is 11.8 Å². The molecule has 2 saturated carbocycles. The van der Waals surface area contributed by atoms with Crippen molar-refractivity contribution < 1.29 is 4.79 Å². The summed E-state index contributed by atoms with van der Waals surface area (Å²) >= 11 is 0. The van der Waals surface area contributed by atoms with E-state index in [9.17, 15) is 4.79 Å². The van der Waals surface area contributed by atoms with Gasteiger partial charge in [0.2, 0.25) is 0 Å². The Hall–Kier alpha value is -1.58. The zero-order chi connectivity index (χ0) is 14.8. The number of pyridine rings is 1. The largest absolute Gasteiger partial charge is 0.384 e. The molecular weight excluding hydrogens is 262 g/mol. The topological polar surface area (TPSA) is 59.2 Å². The smallest absolute Gasteiger partial charge is 0.254 e. The van der Waals surface area contributed by atoms with Crippen LogP contribution in [0.25, 0.3) is 0 Å². The highest BCUT2D eigenvalue weighted by Crippen LogP contribution is 2.34. The first kappa shape index (κ1) is 14.4. The number of nitrogen functional groups attached to an aromatic ring is 1. The predicted octanol–water partition coefficient (Wildman–Crippen LogP) is 2.88. The molecule has 0 aromatic carbocycles. The molecule has 0 spiro atoms. The summed E-state index contributed by atoms with van der Waals surface area (Å²) in [7, 11) is 0. The van der Waals surface area contributed by atoms with Crippen LogP contribution in [0.1, 0.15) is 55.1 Å². The molecular formula is C17H25N3O. The molecule has 4 nitrogen and oxygen atoms in total. The Morgan fingerprint density at radius 1 is 1.24 bits per heavy atom. The number of amides is 1. The number of hydrogen-bond acceptors (Lipinski definition) is 3. The number of carbonyl (C=O) groups is 1. The van der Waals surface area contributed by atoms with Crippen molar-refractivity contribution in [2.45, 2.75) is 45.4 Å². The van der Waals surface area contributed by atoms with Crippen molar-refractivity contribution in [3.63, 3.8) is 0 Å². The van der Waals surface area contributed by atoms with Crippen molar-refractivity contribution in [2.75, 3.05) is 18.8 Å². The quantitative estimate of drug-likeness (QED) is 0.839. The van der Waals surface area contributed by atoms with E-state index in [1.807, 2.05) is 6.07 Å². The van der Waals surface area contributed by atoms with E-state index in [4.69, 9.17) is 5.73 Å². The lowest BCUT2D eigenvalue weighted by Gasteiger charge is -2.23. The van der Waals surface area contributed by atoms with Gasteiger partial charge in [-0.1, -0.05) is 13.3 Å². The summed E-state index contributed by atoms with van der Waals surface area (Å²) in [6, 6.07) is 3.66. The van der Waals surface area contributed by atoms with Crippen LogP contribution in [0.4, 0.5) is 5.82 Å². The summed E-state index contributed by atoms with van der Waals surface area (Å²) in [5.74, 6) is 2.05. The second-order valence-corrected chi connectivity index (χ2v) is 6.62. The Morgan fingerprint density at radius 3 is 2.38 bits per heavy atom. The number of carbonyl (C=O) groups excluding carboxylic acids is 1. The average molecular weight is 287 g/mol. The molecule has 114 valence electrons. The molecule has 0 saturated heterocycles. The summed E-state index contributed by atoms with van der Waals surface area (Å²) in [5, 5.41) is 0. The predicted molar refractivity (Wildman–Crippen MR) is 84.0 cm³/mol. The highest BCUT2D eigenvalue weighted by atomic mass is 16.2. The second kappa shape index (κ2) is 6.04. The normalized spacial score (nSPS) is 17.8. The van der Waals surface area contributed by atoms with Gasteiger partial charge >= 0.3 is 0 Å². The lowest BCUT2D eigenvalue weighted by molar-refractivity contribution is 0.0739. The van der Waals surface area contributed by atoms with Gasteiger partial charge in [-0.2, -0.15) is 0 Å². The Bertz CT molecular complexity index is 507. The highest BCUT2D eigenvalue weighted by molar-refractivity contribution is 5.95. The van der Waals surface area contributed by atoms with Gasteiger partial charge in [0.05, 0.1) is 0 Å². The summed E-state index contributed by atoms with van der Waals surface area (Å²) in [6.07, 6.45) is 6.97. The maximum Gasteiger partial charge on any atom is 0.254 e. The maximum atomic E-state index is 12.8. The molecule has 2 fully saturated rings. The standard InChI is InChI=1S/C17H25N3O/c1-2-3-15-8-14(9-16(18)19-15)17(21)20(10-12-4-5-12)11-13-6-7-13/h8-9,12-13H,2-7,10-11H2,1H3,(H2,18,19). The molecule has 0 unspecified atom stereocenters. The van der Waals surface area contributed by atoms with Gasteiger partial charge < -0.3 is 10.6 Å². The first-order chi connectivity index (χ1) is 10.2. The lowest BCUT2D eigenvalue weighted by Crippen LogP contribution is -2.35. The fraction of sp³-hybridized carbons (Fsp3) is 0.647. The molecule has 1 amide bonds. The van der Waals surface area contributed by atoms with Crippen LogP contribution in [0.2, 0.25) is 0 Å². The van der Waals surface area contributed by atoms with E-state index >= 15 is 0 Å². The Kier molecular flexibility index (Phi) is 4.13. The van der Waals surface area contributed by atoms with E-state index in [0.29, 0.717) is 11.4 Å². The van der Waals surface area contributed by atoms with Crippen LogP contribution in [-0.4, -0.2) is 28.9 Å². The van der Waals surface area contributed by atoms with Gasteiger partial charge in [-0.05, 0) is 56.1 Å². The van der Waals surface area contributed by atoms with Gasteiger partial charge in [-0.15, -0.1) is 0 Å². The second-order valence-electron chi connectivity index (χ2n) is 6.62. The monoisotopic (exact) mass is 287 g/mol. The van der Waals surface area contributed by atoms with Crippen molar-refractivity contribution in [3.8, 4) is 0 Å². The van der Waals surface area contributed by atoms with Crippen LogP contribution in [0.3, 0.4) is 0 Å². The van der Waals surface area contributed by atoms with Gasteiger partial charge in [-0.25, -0.2) is 4.98 Å². The zero-order valence-electron chi connectivity index (χ0n) is 12.8. The van der Waals surface area contributed by atoms with E-state index in [1.54, 1.807) is 6.07 Å². The van der Waals surface area contributed by atoms with E-state index in [-0.39, 0.29) is 5.91 Å². The minimum absolute atomic E-state index is 0.139. The molecule has 3 rings (SSSR count). The van der Waals surface area contributed by atoms with E-state index in [1.165, 1.54) is 25.7 Å². The molecule has 2 N–H and O–H groups in total. The highest BCUT2D eigenvalue weighted by Gasteiger charge is 2.32. The van der Waals surface area contributed by atoms with E-state index in [2.05, 4.69) is 16.8 Å². The van der Waals surface area contributed by atoms with E-state index in [0.717, 1.165) is 43.5 Å². The van der Waals surface area contributed by atoms with E-state index < -0.39 is 0 Å². The molecule has 0 radical (unpaired) electrons. The molecule has 1 aromatic rings. The minimum atomic E-state index is 0.139. The van der Waals surface area contributed by atoms with Crippen LogP contribution >= 0.6 is 0 Å². The summed E-state index contributed by atoms with van der Waals surface area (Å²) in [4.78, 5) is 19.2. The number of hydrogen-bond donors (Lipinski definition) is 1. The minimum Gasteiger partial charge on any atom is -0.384 e. The van der Waals surface area contributed by atoms with Crippen molar-refractivity contribution in [1.29, 1.82) is 0 Å². The number of nitrogens with zero attached hydrogens (tertiary/aromatic N) is 2. The summed E-state index contributed by atoms with van der Waals surface area (Å²) in [6.45, 7) is 3.94. The van der Waals surface area contributed by atoms with Crippen LogP contribution in [0.5, 0.6) is 0 Å². The van der Waals surface area contributed by atoms with Gasteiger partial charge in [-0.3, -0.25) is 4.79 Å². The van der Waals surface area contributed by atoms with Crippen molar-refractivity contribution >= 4 is 11.7 Å². The molecule has 0 atom stereocenters. The molecule has 21 heavy (non-hydrogen) atoms. The molecule has 1 heterocycles. The molecule has 1 aromatic heterocycles. The van der Waals surface area contributed by atoms with Crippen LogP contribution in [0, 0.1) is 11.8 Å². The van der Waals surface area contributed by atoms with Gasteiger partial charge in [0.25, 0.3) is 5.91 Å². The lowest BCUT2D eigenvalue weighted by atomic mass is 10.1. The fourth-order valence-corrected chi connectivity index (χ4v) is 2.77. The molecule has 2 aliphatic rings. The van der Waals surface area contributed by atoms with Gasteiger partial charge in [0.15, 0.2) is 0 Å². The number of rotatable bonds is 7. The SMILES string of the molecule is CCCc1cc(C(=O)N(CC2CC2)CC2CC2)cc(N)n1. The third kappa shape index (κ3) is 3.96. The molecule has 0 bridgehead atoms. The fourth-order valence-electron chi connectivity index (χ4n) is 2.77. The summed E-state index contributed by atoms with van der Waals surface area (Å²) < 4.78 is 0. The Labute approximate surface area is 126 Å². The Morgan fingerprint density at radius 2 is 1.86 bits per heavy atom. The summed E-state index contributed by atoms with van der Waals surface area (Å²) in [5.41, 5.74) is 7.52. The van der Waals surface area contributed by atoms with Crippen molar-refractivity contribution in [1.82, 2.24) is 9.88 Å². The molecule has 2 aliphatic carbocycles. The van der Waals surface area contributed by atoms with Crippen molar-refractivity contribution in [3.05, 3.63) is 23.4 Å². The van der Waals surface area contributed by atoms with Crippen LogP contribution in [-0.2, 0) is 6.42 Å². The van der Waals surface area contributed by atoms with Gasteiger partial charge in [0, 0.05) is 24.3 Å². The first-order valence-electron chi connectivity index (χ1n) is 8.21. The number of nitrogens with two attached hydrogens (primary N) is 1.